The molecule has 0 spiro atoms. The minimum atomic E-state index is -3.43. The third kappa shape index (κ3) is 4.15. The van der Waals surface area contributed by atoms with Gasteiger partial charge in [0.2, 0.25) is 16.4 Å². The molecule has 1 heterocycles. The van der Waals surface area contributed by atoms with E-state index < -0.39 is 10.0 Å². The fraction of sp³-hybridized carbons (Fsp3) is 0.250. The van der Waals surface area contributed by atoms with Gasteiger partial charge in [0.15, 0.2) is 5.82 Å². The van der Waals surface area contributed by atoms with E-state index >= 15 is 0 Å². The van der Waals surface area contributed by atoms with Crippen molar-refractivity contribution in [3.63, 3.8) is 0 Å². The number of sulfonamides is 1. The maximum Gasteiger partial charge on any atom is 0.215 e. The summed E-state index contributed by atoms with van der Waals surface area (Å²) in [5, 5.41) is 12.3. The quantitative estimate of drug-likeness (QED) is 0.835. The van der Waals surface area contributed by atoms with E-state index in [4.69, 9.17) is 5.26 Å². The Balaban J connectivity index is 1.88. The van der Waals surface area contributed by atoms with Crippen LogP contribution in [0.25, 0.3) is 0 Å². The minimum absolute atomic E-state index is 0.134. The van der Waals surface area contributed by atoms with E-state index in [2.05, 4.69) is 19.4 Å². The summed E-state index contributed by atoms with van der Waals surface area (Å²) in [5.74, 6) is 0.316. The van der Waals surface area contributed by atoms with E-state index in [0.29, 0.717) is 23.4 Å². The fourth-order valence-electron chi connectivity index (χ4n) is 1.57. The van der Waals surface area contributed by atoms with E-state index in [1.54, 1.807) is 24.3 Å². The second kappa shape index (κ2) is 6.27. The molecule has 0 aliphatic heterocycles. The number of nitrogens with zero attached hydrogens (tertiary/aromatic N) is 3. The normalized spacial score (nSPS) is 11.2. The molecular formula is C12H12N4O3S. The summed E-state index contributed by atoms with van der Waals surface area (Å²) in [7, 11) is -3.43. The molecule has 104 valence electrons. The maximum absolute atomic E-state index is 11.8. The average molecular weight is 292 g/mol. The molecule has 0 amide bonds. The first-order valence-electron chi connectivity index (χ1n) is 5.81. The Labute approximate surface area is 116 Å². The predicted molar refractivity (Wildman–Crippen MR) is 69.8 cm³/mol. The highest BCUT2D eigenvalue weighted by molar-refractivity contribution is 7.88. The highest BCUT2D eigenvalue weighted by Crippen LogP contribution is 2.07. The number of hydrogen-bond donors (Lipinski definition) is 1. The standard InChI is InChI=1S/C12H12N4O3S/c13-7-10-1-3-11(4-2-10)8-20(17,18)15-6-5-12-14-9-19-16-12/h1-4,9,15H,5-6,8H2. The van der Waals surface area contributed by atoms with E-state index in [1.807, 2.05) is 6.07 Å². The number of nitriles is 1. The van der Waals surface area contributed by atoms with Crippen LogP contribution in [-0.4, -0.2) is 25.1 Å². The molecule has 0 unspecified atom stereocenters. The van der Waals surface area contributed by atoms with E-state index in [9.17, 15) is 8.42 Å². The molecule has 0 radical (unpaired) electrons. The van der Waals surface area contributed by atoms with Crippen molar-refractivity contribution in [2.45, 2.75) is 12.2 Å². The molecule has 0 saturated carbocycles. The predicted octanol–water partition coefficient (Wildman–Crippen LogP) is 0.603. The smallest absolute Gasteiger partial charge is 0.215 e. The summed E-state index contributed by atoms with van der Waals surface area (Å²) in [6.07, 6.45) is 1.56. The van der Waals surface area contributed by atoms with Crippen molar-refractivity contribution in [3.05, 3.63) is 47.6 Å². The number of aromatic nitrogens is 2. The highest BCUT2D eigenvalue weighted by Gasteiger charge is 2.11. The van der Waals surface area contributed by atoms with Crippen molar-refractivity contribution in [2.75, 3.05) is 6.54 Å². The summed E-state index contributed by atoms with van der Waals surface area (Å²) in [5.41, 5.74) is 1.12. The van der Waals surface area contributed by atoms with Gasteiger partial charge in [-0.2, -0.15) is 10.2 Å². The zero-order valence-corrected chi connectivity index (χ0v) is 11.3. The zero-order valence-electron chi connectivity index (χ0n) is 10.5. The van der Waals surface area contributed by atoms with Gasteiger partial charge in [0.1, 0.15) is 0 Å². The van der Waals surface area contributed by atoms with Crippen molar-refractivity contribution in [1.82, 2.24) is 14.9 Å². The Kier molecular flexibility index (Phi) is 4.45. The Morgan fingerprint density at radius 3 is 2.65 bits per heavy atom. The third-order valence-electron chi connectivity index (χ3n) is 2.52. The van der Waals surface area contributed by atoms with Crippen LogP contribution in [0.15, 0.2) is 35.2 Å². The summed E-state index contributed by atoms with van der Waals surface area (Å²) in [6.45, 7) is 0.206. The molecule has 7 nitrogen and oxygen atoms in total. The lowest BCUT2D eigenvalue weighted by molar-refractivity contribution is 0.410. The van der Waals surface area contributed by atoms with Gasteiger partial charge in [-0.05, 0) is 17.7 Å². The molecule has 0 aliphatic rings. The number of rotatable bonds is 6. The monoisotopic (exact) mass is 292 g/mol. The van der Waals surface area contributed by atoms with Crippen LogP contribution in [0, 0.1) is 11.3 Å². The first-order valence-corrected chi connectivity index (χ1v) is 7.46. The third-order valence-corrected chi connectivity index (χ3v) is 3.87. The zero-order chi connectivity index (χ0) is 14.4. The molecule has 1 aromatic heterocycles. The first kappa shape index (κ1) is 14.2. The number of nitrogens with one attached hydrogen (secondary N) is 1. The van der Waals surface area contributed by atoms with Crippen LogP contribution in [0.4, 0.5) is 0 Å². The molecule has 0 atom stereocenters. The molecule has 0 aliphatic carbocycles. The van der Waals surface area contributed by atoms with Crippen LogP contribution in [-0.2, 0) is 22.2 Å². The van der Waals surface area contributed by atoms with Crippen molar-refractivity contribution >= 4 is 10.0 Å². The molecule has 8 heteroatoms. The first-order chi connectivity index (χ1) is 9.59. The van der Waals surface area contributed by atoms with Crippen LogP contribution in [0.2, 0.25) is 0 Å². The Bertz CT molecular complexity index is 687. The Morgan fingerprint density at radius 2 is 2.05 bits per heavy atom. The number of hydrogen-bond acceptors (Lipinski definition) is 6. The van der Waals surface area contributed by atoms with Crippen molar-refractivity contribution in [2.24, 2.45) is 0 Å². The van der Waals surface area contributed by atoms with Crippen LogP contribution in [0.1, 0.15) is 17.0 Å². The Morgan fingerprint density at radius 1 is 1.30 bits per heavy atom. The molecule has 0 fully saturated rings. The lowest BCUT2D eigenvalue weighted by Gasteiger charge is -2.05. The van der Waals surface area contributed by atoms with Crippen LogP contribution in [0.5, 0.6) is 0 Å². The SMILES string of the molecule is N#Cc1ccc(CS(=O)(=O)NCCc2ncon2)cc1. The molecule has 2 rings (SSSR count). The van der Waals surface area contributed by atoms with E-state index in [0.717, 1.165) is 0 Å². The van der Waals surface area contributed by atoms with Crippen LogP contribution < -0.4 is 4.72 Å². The van der Waals surface area contributed by atoms with Gasteiger partial charge >= 0.3 is 0 Å². The van der Waals surface area contributed by atoms with E-state index in [-0.39, 0.29) is 12.3 Å². The molecular weight excluding hydrogens is 280 g/mol. The van der Waals surface area contributed by atoms with Crippen molar-refractivity contribution in [3.8, 4) is 6.07 Å². The topological polar surface area (TPSA) is 109 Å². The minimum Gasteiger partial charge on any atom is -0.343 e. The summed E-state index contributed by atoms with van der Waals surface area (Å²) < 4.78 is 30.7. The largest absolute Gasteiger partial charge is 0.343 e. The molecule has 20 heavy (non-hydrogen) atoms. The second-order valence-corrected chi connectivity index (χ2v) is 5.87. The lowest BCUT2D eigenvalue weighted by Crippen LogP contribution is -2.27. The van der Waals surface area contributed by atoms with Gasteiger partial charge in [-0.1, -0.05) is 17.3 Å². The van der Waals surface area contributed by atoms with Gasteiger partial charge in [0, 0.05) is 13.0 Å². The Hall–Kier alpha value is -2.24. The molecule has 1 aromatic carbocycles. The van der Waals surface area contributed by atoms with E-state index in [1.165, 1.54) is 6.39 Å². The fourth-order valence-corrected chi connectivity index (χ4v) is 2.71. The maximum atomic E-state index is 11.8. The number of benzene rings is 1. The average Bonchev–Trinajstić information content (AvgIpc) is 2.92. The van der Waals surface area contributed by atoms with Gasteiger partial charge in [0.25, 0.3) is 0 Å². The molecule has 1 N–H and O–H groups in total. The molecule has 2 aromatic rings. The van der Waals surface area contributed by atoms with Crippen LogP contribution >= 0.6 is 0 Å². The summed E-state index contributed by atoms with van der Waals surface area (Å²) in [6, 6.07) is 8.40. The summed E-state index contributed by atoms with van der Waals surface area (Å²) >= 11 is 0. The summed E-state index contributed by atoms with van der Waals surface area (Å²) in [4.78, 5) is 3.80. The van der Waals surface area contributed by atoms with Gasteiger partial charge in [-0.25, -0.2) is 13.1 Å². The van der Waals surface area contributed by atoms with Crippen LogP contribution in [0.3, 0.4) is 0 Å². The van der Waals surface area contributed by atoms with Gasteiger partial charge < -0.3 is 4.52 Å². The van der Waals surface area contributed by atoms with Crippen molar-refractivity contribution in [1.29, 1.82) is 5.26 Å². The van der Waals surface area contributed by atoms with Gasteiger partial charge in [0.05, 0.1) is 17.4 Å². The van der Waals surface area contributed by atoms with Gasteiger partial charge in [-0.15, -0.1) is 0 Å². The lowest BCUT2D eigenvalue weighted by atomic mass is 10.2. The van der Waals surface area contributed by atoms with Crippen molar-refractivity contribution < 1.29 is 12.9 Å². The van der Waals surface area contributed by atoms with Gasteiger partial charge in [-0.3, -0.25) is 0 Å². The molecule has 0 bridgehead atoms. The second-order valence-electron chi connectivity index (χ2n) is 4.06. The molecule has 0 saturated heterocycles. The highest BCUT2D eigenvalue weighted by atomic mass is 32.2.